The molecule has 1 amide bonds. The van der Waals surface area contributed by atoms with Gasteiger partial charge in [-0.15, -0.1) is 0 Å². The predicted molar refractivity (Wildman–Crippen MR) is 106 cm³/mol. The Bertz CT molecular complexity index is 835. The molecule has 124 valence electrons. The first kappa shape index (κ1) is 17.0. The van der Waals surface area contributed by atoms with Gasteiger partial charge in [0.05, 0.1) is 10.6 Å². The van der Waals surface area contributed by atoms with Crippen LogP contribution in [0.15, 0.2) is 41.3 Å². The number of hydrogen-bond donors (Lipinski definition) is 0. The summed E-state index contributed by atoms with van der Waals surface area (Å²) in [5.74, 6) is -0.0504. The lowest BCUT2D eigenvalue weighted by Crippen LogP contribution is -2.27. The molecule has 0 saturated carbocycles. The van der Waals surface area contributed by atoms with Crippen LogP contribution in [0.3, 0.4) is 0 Å². The van der Waals surface area contributed by atoms with E-state index in [0.717, 1.165) is 11.3 Å². The molecule has 1 saturated heterocycles. The van der Waals surface area contributed by atoms with Gasteiger partial charge in [0, 0.05) is 17.4 Å². The van der Waals surface area contributed by atoms with Crippen molar-refractivity contribution in [2.45, 2.75) is 33.7 Å². The van der Waals surface area contributed by atoms with Crippen LogP contribution in [0.4, 0.5) is 5.69 Å². The number of amides is 1. The van der Waals surface area contributed by atoms with Crippen LogP contribution in [0.25, 0.3) is 6.08 Å². The van der Waals surface area contributed by atoms with Gasteiger partial charge in [-0.05, 0) is 57.5 Å². The summed E-state index contributed by atoms with van der Waals surface area (Å²) < 4.78 is 2.86. The van der Waals surface area contributed by atoms with E-state index in [2.05, 4.69) is 38.3 Å². The third-order valence-corrected chi connectivity index (χ3v) is 5.44. The smallest absolute Gasteiger partial charge is 0.270 e. The molecule has 0 bridgehead atoms. The Labute approximate surface area is 152 Å². The number of carbonyl (C=O) groups excluding carboxylic acids is 1. The van der Waals surface area contributed by atoms with Crippen LogP contribution >= 0.6 is 24.0 Å². The van der Waals surface area contributed by atoms with Crippen molar-refractivity contribution in [2.24, 2.45) is 0 Å². The number of aromatic nitrogens is 1. The second-order valence-electron chi connectivity index (χ2n) is 6.14. The number of carbonyl (C=O) groups is 1. The lowest BCUT2D eigenvalue weighted by atomic mass is 10.2. The molecule has 0 atom stereocenters. The van der Waals surface area contributed by atoms with Gasteiger partial charge >= 0.3 is 0 Å². The molecule has 3 rings (SSSR count). The van der Waals surface area contributed by atoms with Gasteiger partial charge in [0.2, 0.25) is 0 Å². The average molecular weight is 357 g/mol. The van der Waals surface area contributed by atoms with Crippen molar-refractivity contribution in [3.8, 4) is 0 Å². The Morgan fingerprint density at radius 2 is 1.83 bits per heavy atom. The maximum Gasteiger partial charge on any atom is 0.270 e. The number of benzene rings is 1. The van der Waals surface area contributed by atoms with E-state index in [1.54, 1.807) is 4.90 Å². The standard InChI is InChI=1S/C19H20N2OS2/c1-12(2)20-13(3)10-15(14(20)4)11-17-18(22)21(19(23)24-17)16-8-6-5-7-9-16/h5-12H,1-4H3/b17-11+. The lowest BCUT2D eigenvalue weighted by Gasteiger charge is -2.14. The summed E-state index contributed by atoms with van der Waals surface area (Å²) in [6.07, 6.45) is 1.96. The molecule has 0 aliphatic carbocycles. The summed E-state index contributed by atoms with van der Waals surface area (Å²) in [4.78, 5) is 15.1. The van der Waals surface area contributed by atoms with Gasteiger partial charge in [-0.2, -0.15) is 0 Å². The van der Waals surface area contributed by atoms with E-state index < -0.39 is 0 Å². The molecular formula is C19H20N2OS2. The highest BCUT2D eigenvalue weighted by molar-refractivity contribution is 8.27. The van der Waals surface area contributed by atoms with Crippen LogP contribution in [0.1, 0.15) is 36.8 Å². The molecule has 0 unspecified atom stereocenters. The minimum absolute atomic E-state index is 0.0504. The number of nitrogens with zero attached hydrogens (tertiary/aromatic N) is 2. The van der Waals surface area contributed by atoms with Gasteiger partial charge in [-0.25, -0.2) is 0 Å². The Balaban J connectivity index is 1.97. The van der Waals surface area contributed by atoms with E-state index in [0.29, 0.717) is 15.3 Å². The number of para-hydroxylation sites is 1. The van der Waals surface area contributed by atoms with Crippen molar-refractivity contribution in [3.05, 3.63) is 58.3 Å². The quantitative estimate of drug-likeness (QED) is 0.566. The fourth-order valence-electron chi connectivity index (χ4n) is 3.15. The molecule has 1 aromatic heterocycles. The second kappa shape index (κ2) is 6.57. The summed E-state index contributed by atoms with van der Waals surface area (Å²) in [7, 11) is 0. The predicted octanol–water partition coefficient (Wildman–Crippen LogP) is 5.09. The van der Waals surface area contributed by atoms with E-state index in [4.69, 9.17) is 12.2 Å². The zero-order valence-electron chi connectivity index (χ0n) is 14.2. The van der Waals surface area contributed by atoms with E-state index in [1.165, 1.54) is 23.1 Å². The molecule has 0 radical (unpaired) electrons. The molecule has 0 spiro atoms. The van der Waals surface area contributed by atoms with Crippen LogP contribution in [-0.4, -0.2) is 14.8 Å². The van der Waals surface area contributed by atoms with Gasteiger partial charge < -0.3 is 4.57 Å². The molecule has 24 heavy (non-hydrogen) atoms. The highest BCUT2D eigenvalue weighted by Gasteiger charge is 2.33. The molecule has 1 aromatic carbocycles. The third kappa shape index (κ3) is 2.94. The van der Waals surface area contributed by atoms with Gasteiger partial charge in [0.1, 0.15) is 0 Å². The van der Waals surface area contributed by atoms with Crippen LogP contribution in [-0.2, 0) is 4.79 Å². The topological polar surface area (TPSA) is 25.2 Å². The first-order valence-corrected chi connectivity index (χ1v) is 9.14. The minimum atomic E-state index is -0.0504. The van der Waals surface area contributed by atoms with Crippen molar-refractivity contribution in [3.63, 3.8) is 0 Å². The van der Waals surface area contributed by atoms with Crippen molar-refractivity contribution >= 4 is 46.0 Å². The number of thiocarbonyl (C=S) groups is 1. The summed E-state index contributed by atoms with van der Waals surface area (Å²) in [5, 5.41) is 0. The van der Waals surface area contributed by atoms with Crippen molar-refractivity contribution in [2.75, 3.05) is 4.90 Å². The molecule has 3 nitrogen and oxygen atoms in total. The van der Waals surface area contributed by atoms with Crippen molar-refractivity contribution < 1.29 is 4.79 Å². The summed E-state index contributed by atoms with van der Waals surface area (Å²) >= 11 is 6.78. The fraction of sp³-hybridized carbons (Fsp3) is 0.263. The van der Waals surface area contributed by atoms with E-state index in [1.807, 2.05) is 36.4 Å². The Kier molecular flexibility index (Phi) is 4.65. The maximum absolute atomic E-state index is 12.8. The molecule has 0 N–H and O–H groups in total. The van der Waals surface area contributed by atoms with Gasteiger partial charge in [-0.1, -0.05) is 42.2 Å². The molecule has 1 aliphatic heterocycles. The lowest BCUT2D eigenvalue weighted by molar-refractivity contribution is -0.113. The summed E-state index contributed by atoms with van der Waals surface area (Å²) in [5.41, 5.74) is 4.27. The number of anilines is 1. The number of hydrogen-bond acceptors (Lipinski definition) is 3. The molecule has 1 fully saturated rings. The Hall–Kier alpha value is -1.85. The number of aryl methyl sites for hydroxylation is 1. The molecular weight excluding hydrogens is 336 g/mol. The molecule has 1 aliphatic rings. The largest absolute Gasteiger partial charge is 0.346 e. The average Bonchev–Trinajstić information content (AvgIpc) is 2.96. The van der Waals surface area contributed by atoms with Crippen LogP contribution in [0.2, 0.25) is 0 Å². The second-order valence-corrected chi connectivity index (χ2v) is 7.82. The minimum Gasteiger partial charge on any atom is -0.346 e. The molecule has 2 heterocycles. The van der Waals surface area contributed by atoms with Crippen molar-refractivity contribution in [1.82, 2.24) is 4.57 Å². The van der Waals surface area contributed by atoms with Crippen LogP contribution in [0.5, 0.6) is 0 Å². The Morgan fingerprint density at radius 1 is 1.17 bits per heavy atom. The van der Waals surface area contributed by atoms with Gasteiger partial charge in [0.25, 0.3) is 5.91 Å². The number of thioether (sulfide) groups is 1. The SMILES string of the molecule is Cc1cc(/C=C2/SC(=S)N(c3ccccc3)C2=O)c(C)n1C(C)C. The van der Waals surface area contributed by atoms with Crippen LogP contribution < -0.4 is 4.90 Å². The zero-order valence-corrected chi connectivity index (χ0v) is 15.9. The highest BCUT2D eigenvalue weighted by atomic mass is 32.2. The maximum atomic E-state index is 12.8. The van der Waals surface area contributed by atoms with E-state index >= 15 is 0 Å². The first-order chi connectivity index (χ1) is 11.4. The third-order valence-electron chi connectivity index (χ3n) is 4.13. The van der Waals surface area contributed by atoms with E-state index in [9.17, 15) is 4.79 Å². The highest BCUT2D eigenvalue weighted by Crippen LogP contribution is 2.36. The normalized spacial score (nSPS) is 16.7. The monoisotopic (exact) mass is 356 g/mol. The molecule has 2 aromatic rings. The van der Waals surface area contributed by atoms with Crippen LogP contribution in [0, 0.1) is 13.8 Å². The Morgan fingerprint density at radius 3 is 2.42 bits per heavy atom. The summed E-state index contributed by atoms with van der Waals surface area (Å²) in [6, 6.07) is 12.1. The first-order valence-electron chi connectivity index (χ1n) is 7.91. The fourth-order valence-corrected chi connectivity index (χ4v) is 4.44. The van der Waals surface area contributed by atoms with Gasteiger partial charge in [-0.3, -0.25) is 9.69 Å². The number of rotatable bonds is 3. The molecule has 5 heteroatoms. The summed E-state index contributed by atoms with van der Waals surface area (Å²) in [6.45, 7) is 8.52. The van der Waals surface area contributed by atoms with Gasteiger partial charge in [0.15, 0.2) is 4.32 Å². The van der Waals surface area contributed by atoms with Crippen molar-refractivity contribution in [1.29, 1.82) is 0 Å². The van der Waals surface area contributed by atoms with E-state index in [-0.39, 0.29) is 5.91 Å². The zero-order chi connectivity index (χ0) is 17.4.